The van der Waals surface area contributed by atoms with Gasteiger partial charge in [0.1, 0.15) is 5.75 Å². The van der Waals surface area contributed by atoms with Gasteiger partial charge in [-0.05, 0) is 57.9 Å². The first-order valence-electron chi connectivity index (χ1n) is 8.72. The molecule has 23 heavy (non-hydrogen) atoms. The van der Waals surface area contributed by atoms with Crippen LogP contribution in [0, 0.1) is 13.8 Å². The van der Waals surface area contributed by atoms with Crippen molar-refractivity contribution in [3.8, 4) is 5.75 Å². The number of anilines is 1. The summed E-state index contributed by atoms with van der Waals surface area (Å²) in [5.41, 5.74) is 2.79. The minimum absolute atomic E-state index is 0.180. The fourth-order valence-electron chi connectivity index (χ4n) is 4.08. The van der Waals surface area contributed by atoms with Crippen molar-refractivity contribution in [1.82, 2.24) is 0 Å². The Bertz CT molecular complexity index is 556. The molecule has 2 rings (SSSR count). The lowest BCUT2D eigenvalue weighted by Gasteiger charge is -2.43. The average Bonchev–Trinajstić information content (AvgIpc) is 3.35. The van der Waals surface area contributed by atoms with Crippen molar-refractivity contribution < 1.29 is 14.0 Å². The molecule has 1 aromatic rings. The van der Waals surface area contributed by atoms with E-state index in [9.17, 15) is 4.79 Å². The predicted molar refractivity (Wildman–Crippen MR) is 94.9 cm³/mol. The zero-order valence-corrected chi connectivity index (χ0v) is 15.5. The van der Waals surface area contributed by atoms with E-state index in [1.54, 1.807) is 7.11 Å². The fourth-order valence-corrected chi connectivity index (χ4v) is 4.08. The largest absolute Gasteiger partial charge is 0.497 e. The third kappa shape index (κ3) is 2.85. The molecule has 4 nitrogen and oxygen atoms in total. The number of aryl methyl sites for hydroxylation is 2. The van der Waals surface area contributed by atoms with Gasteiger partial charge in [-0.3, -0.25) is 4.79 Å². The second-order valence-electron chi connectivity index (χ2n) is 6.72. The summed E-state index contributed by atoms with van der Waals surface area (Å²) in [4.78, 5) is 13.1. The average molecular weight is 319 g/mol. The van der Waals surface area contributed by atoms with Crippen LogP contribution in [-0.2, 0) is 4.79 Å². The number of hydrogen-bond donors (Lipinski definition) is 1. The minimum Gasteiger partial charge on any atom is -0.497 e. The van der Waals surface area contributed by atoms with Crippen LogP contribution in [0.15, 0.2) is 12.1 Å². The highest BCUT2D eigenvalue weighted by Gasteiger charge is 2.64. The quantitative estimate of drug-likeness (QED) is 0.779. The van der Waals surface area contributed by atoms with Crippen LogP contribution in [-0.4, -0.2) is 42.7 Å². The number of ether oxygens (including phenoxy) is 1. The minimum atomic E-state index is -0.239. The van der Waals surface area contributed by atoms with Crippen molar-refractivity contribution in [3.05, 3.63) is 23.3 Å². The van der Waals surface area contributed by atoms with Gasteiger partial charge in [0.25, 0.3) is 5.91 Å². The second-order valence-corrected chi connectivity index (χ2v) is 6.72. The molecule has 4 heteroatoms. The van der Waals surface area contributed by atoms with Crippen LogP contribution in [0.5, 0.6) is 5.75 Å². The summed E-state index contributed by atoms with van der Waals surface area (Å²) in [5, 5.41) is 3.23. The number of carbonyl (C=O) groups excluding carboxylic acids is 1. The first kappa shape index (κ1) is 17.8. The number of benzene rings is 1. The van der Waals surface area contributed by atoms with Crippen molar-refractivity contribution in [1.29, 1.82) is 0 Å². The van der Waals surface area contributed by atoms with Gasteiger partial charge < -0.3 is 14.5 Å². The number of amides is 1. The maximum Gasteiger partial charge on any atom is 0.285 e. The maximum absolute atomic E-state index is 13.1. The lowest BCUT2D eigenvalue weighted by molar-refractivity contribution is -0.947. The highest BCUT2D eigenvalue weighted by molar-refractivity contribution is 6.00. The van der Waals surface area contributed by atoms with Gasteiger partial charge in [-0.2, -0.15) is 0 Å². The van der Waals surface area contributed by atoms with E-state index in [0.29, 0.717) is 0 Å². The van der Waals surface area contributed by atoms with E-state index in [0.717, 1.165) is 59.5 Å². The molecule has 1 aliphatic rings. The molecule has 1 aliphatic carbocycles. The summed E-state index contributed by atoms with van der Waals surface area (Å²) in [7, 11) is 1.67. The van der Waals surface area contributed by atoms with E-state index in [4.69, 9.17) is 4.74 Å². The highest BCUT2D eigenvalue weighted by atomic mass is 16.5. The highest BCUT2D eigenvalue weighted by Crippen LogP contribution is 2.48. The Morgan fingerprint density at radius 2 is 1.61 bits per heavy atom. The Kier molecular flexibility index (Phi) is 5.04. The van der Waals surface area contributed by atoms with Crippen LogP contribution in [0.4, 0.5) is 5.69 Å². The normalized spacial score (nSPS) is 16.1. The Morgan fingerprint density at radius 3 is 1.96 bits per heavy atom. The Labute approximate surface area is 140 Å². The summed E-state index contributed by atoms with van der Waals surface area (Å²) in [6, 6.07) is 3.95. The topological polar surface area (TPSA) is 38.3 Å². The van der Waals surface area contributed by atoms with Crippen molar-refractivity contribution in [3.63, 3.8) is 0 Å². The number of carbonyl (C=O) groups is 1. The van der Waals surface area contributed by atoms with Gasteiger partial charge in [0.05, 0.1) is 26.7 Å². The molecule has 0 aliphatic heterocycles. The molecule has 0 spiro atoms. The molecule has 0 radical (unpaired) electrons. The molecular formula is C19H31N2O2+. The molecular weight excluding hydrogens is 288 g/mol. The molecule has 1 fully saturated rings. The molecule has 1 amide bonds. The summed E-state index contributed by atoms with van der Waals surface area (Å²) in [6.45, 7) is 13.6. The first-order valence-corrected chi connectivity index (χ1v) is 8.72. The van der Waals surface area contributed by atoms with E-state index >= 15 is 0 Å². The summed E-state index contributed by atoms with van der Waals surface area (Å²) in [6.07, 6.45) is 1.98. The van der Waals surface area contributed by atoms with E-state index in [-0.39, 0.29) is 11.4 Å². The van der Waals surface area contributed by atoms with Crippen LogP contribution < -0.4 is 10.1 Å². The molecule has 0 bridgehead atoms. The van der Waals surface area contributed by atoms with Crippen molar-refractivity contribution in [2.75, 3.05) is 32.1 Å². The predicted octanol–water partition coefficient (Wildman–Crippen LogP) is 3.66. The van der Waals surface area contributed by atoms with Gasteiger partial charge in [0, 0.05) is 18.5 Å². The van der Waals surface area contributed by atoms with Crippen LogP contribution in [0.1, 0.15) is 44.7 Å². The molecule has 0 saturated heterocycles. The Morgan fingerprint density at radius 1 is 1.13 bits per heavy atom. The SMILES string of the molecule is CC[N+](CC)(CC)C1(C(=O)Nc2c(C)cc(OC)cc2C)CC1. The van der Waals surface area contributed by atoms with Crippen LogP contribution in [0.25, 0.3) is 0 Å². The number of rotatable bonds is 7. The molecule has 1 N–H and O–H groups in total. The van der Waals surface area contributed by atoms with Gasteiger partial charge in [-0.1, -0.05) is 0 Å². The van der Waals surface area contributed by atoms with Gasteiger partial charge in [-0.25, -0.2) is 0 Å². The molecule has 0 unspecified atom stereocenters. The number of quaternary nitrogens is 1. The zero-order chi connectivity index (χ0) is 17.3. The van der Waals surface area contributed by atoms with E-state index in [1.165, 1.54) is 0 Å². The summed E-state index contributed by atoms with van der Waals surface area (Å²) in [5.74, 6) is 1.01. The van der Waals surface area contributed by atoms with Crippen LogP contribution >= 0.6 is 0 Å². The molecule has 1 saturated carbocycles. The zero-order valence-electron chi connectivity index (χ0n) is 15.5. The van der Waals surface area contributed by atoms with E-state index in [2.05, 4.69) is 26.1 Å². The number of hydrogen-bond acceptors (Lipinski definition) is 2. The Hall–Kier alpha value is -1.55. The van der Waals surface area contributed by atoms with Crippen LogP contribution in [0.2, 0.25) is 0 Å². The first-order chi connectivity index (χ1) is 10.9. The van der Waals surface area contributed by atoms with Crippen molar-refractivity contribution >= 4 is 11.6 Å². The number of nitrogens with one attached hydrogen (secondary N) is 1. The van der Waals surface area contributed by atoms with E-state index < -0.39 is 0 Å². The second kappa shape index (κ2) is 6.52. The van der Waals surface area contributed by atoms with Crippen molar-refractivity contribution in [2.45, 2.75) is 53.0 Å². The smallest absolute Gasteiger partial charge is 0.285 e. The number of methoxy groups -OCH3 is 1. The maximum atomic E-state index is 13.1. The van der Waals surface area contributed by atoms with Gasteiger partial charge >= 0.3 is 0 Å². The third-order valence-electron chi connectivity index (χ3n) is 5.85. The standard InChI is InChI=1S/C19H30N2O2/c1-7-21(8-2,9-3)19(10-11-19)18(22)20-17-14(4)12-16(23-6)13-15(17)5/h12-13H,7-11H2,1-6H3/p+1. The fraction of sp³-hybridized carbons (Fsp3) is 0.632. The Balaban J connectivity index is 2.30. The summed E-state index contributed by atoms with van der Waals surface area (Å²) >= 11 is 0. The molecule has 128 valence electrons. The monoisotopic (exact) mass is 319 g/mol. The molecule has 0 atom stereocenters. The van der Waals surface area contributed by atoms with Crippen LogP contribution in [0.3, 0.4) is 0 Å². The third-order valence-corrected chi connectivity index (χ3v) is 5.85. The molecule has 0 aromatic heterocycles. The number of nitrogens with zero attached hydrogens (tertiary/aromatic N) is 1. The van der Waals surface area contributed by atoms with Gasteiger partial charge in [0.15, 0.2) is 5.54 Å². The molecule has 0 heterocycles. The van der Waals surface area contributed by atoms with E-state index in [1.807, 2.05) is 26.0 Å². The lowest BCUT2D eigenvalue weighted by atomic mass is 10.1. The van der Waals surface area contributed by atoms with Gasteiger partial charge in [-0.15, -0.1) is 0 Å². The summed E-state index contributed by atoms with van der Waals surface area (Å²) < 4.78 is 6.19. The van der Waals surface area contributed by atoms with Gasteiger partial charge in [0.2, 0.25) is 0 Å². The molecule has 1 aromatic carbocycles. The lowest BCUT2D eigenvalue weighted by Crippen LogP contribution is -2.61. The van der Waals surface area contributed by atoms with Crippen molar-refractivity contribution in [2.24, 2.45) is 0 Å². The number of likely N-dealkylation sites (N-methyl/N-ethyl adjacent to an activating group) is 1.